The largest absolute Gasteiger partial charge is 0.495 e. The van der Waals surface area contributed by atoms with E-state index < -0.39 is 0 Å². The second-order valence-corrected chi connectivity index (χ2v) is 7.44. The molecule has 0 fully saturated rings. The fraction of sp³-hybridized carbons (Fsp3) is 0.0870. The third-order valence-corrected chi connectivity index (χ3v) is 5.22. The summed E-state index contributed by atoms with van der Waals surface area (Å²) in [5.74, 6) is 0.270. The Morgan fingerprint density at radius 1 is 0.968 bits per heavy atom. The summed E-state index contributed by atoms with van der Waals surface area (Å²) in [7, 11) is 1.55. The molecule has 2 N–H and O–H groups in total. The second-order valence-electron chi connectivity index (χ2n) is 6.52. The molecule has 0 aliphatic heterocycles. The van der Waals surface area contributed by atoms with E-state index in [1.807, 2.05) is 36.4 Å². The van der Waals surface area contributed by atoms with Gasteiger partial charge in [0.2, 0.25) is 5.91 Å². The van der Waals surface area contributed by atoms with Crippen LogP contribution in [-0.4, -0.2) is 29.7 Å². The van der Waals surface area contributed by atoms with E-state index in [1.54, 1.807) is 43.5 Å². The van der Waals surface area contributed by atoms with Gasteiger partial charge in [-0.3, -0.25) is 9.59 Å². The fourth-order valence-electron chi connectivity index (χ4n) is 2.88. The van der Waals surface area contributed by atoms with Gasteiger partial charge in [0.15, 0.2) is 5.58 Å². The molecule has 0 saturated carbocycles. The molecule has 0 aliphatic rings. The van der Waals surface area contributed by atoms with Crippen molar-refractivity contribution in [3.8, 4) is 5.75 Å². The topological polar surface area (TPSA) is 93.5 Å². The summed E-state index contributed by atoms with van der Waals surface area (Å²) < 4.78 is 10.8. The predicted octanol–water partition coefficient (Wildman–Crippen LogP) is 4.82. The molecule has 0 spiro atoms. The molecule has 0 saturated heterocycles. The van der Waals surface area contributed by atoms with Gasteiger partial charge in [-0.2, -0.15) is 0 Å². The lowest BCUT2D eigenvalue weighted by molar-refractivity contribution is -0.113. The maximum atomic E-state index is 12.5. The Morgan fingerprint density at radius 3 is 2.48 bits per heavy atom. The number of benzene rings is 3. The van der Waals surface area contributed by atoms with E-state index in [-0.39, 0.29) is 17.6 Å². The number of nitrogens with one attached hydrogen (secondary N) is 2. The van der Waals surface area contributed by atoms with Crippen LogP contribution in [0.15, 0.2) is 82.4 Å². The van der Waals surface area contributed by atoms with Crippen molar-refractivity contribution in [2.45, 2.75) is 5.22 Å². The highest BCUT2D eigenvalue weighted by Gasteiger charge is 2.11. The molecule has 0 aliphatic carbocycles. The van der Waals surface area contributed by atoms with E-state index >= 15 is 0 Å². The number of ether oxygens (including phenoxy) is 1. The first-order valence-electron chi connectivity index (χ1n) is 9.45. The van der Waals surface area contributed by atoms with Crippen molar-refractivity contribution >= 4 is 46.1 Å². The first kappa shape index (κ1) is 20.5. The summed E-state index contributed by atoms with van der Waals surface area (Å²) in [5.41, 5.74) is 3.09. The summed E-state index contributed by atoms with van der Waals surface area (Å²) in [6, 6.07) is 21.3. The molecule has 2 amide bonds. The van der Waals surface area contributed by atoms with Crippen LogP contribution in [0.25, 0.3) is 11.1 Å². The van der Waals surface area contributed by atoms with Crippen LogP contribution in [0.4, 0.5) is 11.4 Å². The molecular formula is C23H19N3O4S. The van der Waals surface area contributed by atoms with Crippen LogP contribution in [0.5, 0.6) is 5.75 Å². The minimum Gasteiger partial charge on any atom is -0.495 e. The molecule has 4 aromatic rings. The van der Waals surface area contributed by atoms with Crippen molar-refractivity contribution in [2.75, 3.05) is 23.5 Å². The third-order valence-electron chi connectivity index (χ3n) is 4.39. The summed E-state index contributed by atoms with van der Waals surface area (Å²) in [4.78, 5) is 29.0. The van der Waals surface area contributed by atoms with Crippen molar-refractivity contribution in [3.63, 3.8) is 0 Å². The van der Waals surface area contributed by atoms with E-state index in [0.717, 1.165) is 5.52 Å². The molecule has 8 heteroatoms. The Labute approximate surface area is 182 Å². The molecule has 31 heavy (non-hydrogen) atoms. The maximum Gasteiger partial charge on any atom is 0.257 e. The zero-order chi connectivity index (χ0) is 21.6. The molecule has 7 nitrogen and oxygen atoms in total. The van der Waals surface area contributed by atoms with Gasteiger partial charge in [-0.25, -0.2) is 4.98 Å². The highest BCUT2D eigenvalue weighted by atomic mass is 32.2. The Bertz CT molecular complexity index is 1190. The van der Waals surface area contributed by atoms with E-state index in [9.17, 15) is 9.59 Å². The van der Waals surface area contributed by atoms with E-state index in [0.29, 0.717) is 33.5 Å². The lowest BCUT2D eigenvalue weighted by atomic mass is 10.2. The summed E-state index contributed by atoms with van der Waals surface area (Å²) in [6.07, 6.45) is 0. The van der Waals surface area contributed by atoms with Gasteiger partial charge in [-0.05, 0) is 48.5 Å². The van der Waals surface area contributed by atoms with Crippen molar-refractivity contribution in [1.82, 2.24) is 4.98 Å². The van der Waals surface area contributed by atoms with Gasteiger partial charge in [0.1, 0.15) is 11.3 Å². The Balaban J connectivity index is 1.32. The molecule has 3 aromatic carbocycles. The summed E-state index contributed by atoms with van der Waals surface area (Å²) >= 11 is 1.22. The van der Waals surface area contributed by atoms with Gasteiger partial charge in [0.05, 0.1) is 18.6 Å². The van der Waals surface area contributed by atoms with Gasteiger partial charge < -0.3 is 19.8 Å². The number of para-hydroxylation sites is 4. The van der Waals surface area contributed by atoms with Crippen molar-refractivity contribution in [3.05, 3.63) is 78.4 Å². The molecule has 156 valence electrons. The number of aromatic nitrogens is 1. The number of anilines is 2. The average Bonchev–Trinajstić information content (AvgIpc) is 3.21. The van der Waals surface area contributed by atoms with Crippen LogP contribution in [0.3, 0.4) is 0 Å². The average molecular weight is 433 g/mol. The number of methoxy groups -OCH3 is 1. The molecular weight excluding hydrogens is 414 g/mol. The smallest absolute Gasteiger partial charge is 0.257 e. The standard InChI is InChI=1S/C23H19N3O4S/c1-29-19-8-4-2-6-17(19)25-22(28)15-10-12-16(13-11-15)24-21(27)14-31-23-26-18-7-3-5-9-20(18)30-23/h2-13H,14H2,1H3,(H,24,27)(H,25,28). The van der Waals surface area contributed by atoms with Crippen molar-refractivity contribution in [2.24, 2.45) is 0 Å². The normalized spacial score (nSPS) is 10.6. The number of carbonyl (C=O) groups excluding carboxylic acids is 2. The van der Waals surface area contributed by atoms with Crippen LogP contribution in [0, 0.1) is 0 Å². The zero-order valence-corrected chi connectivity index (χ0v) is 17.4. The van der Waals surface area contributed by atoms with Gasteiger partial charge in [0, 0.05) is 11.3 Å². The SMILES string of the molecule is COc1ccccc1NC(=O)c1ccc(NC(=O)CSc2nc3ccccc3o2)cc1. The lowest BCUT2D eigenvalue weighted by Crippen LogP contribution is -2.15. The minimum absolute atomic E-state index is 0.156. The fourth-order valence-corrected chi connectivity index (χ4v) is 3.52. The molecule has 0 bridgehead atoms. The van der Waals surface area contributed by atoms with Crippen molar-refractivity contribution < 1.29 is 18.7 Å². The van der Waals surface area contributed by atoms with Gasteiger partial charge in [-0.1, -0.05) is 36.0 Å². The molecule has 4 rings (SSSR count). The van der Waals surface area contributed by atoms with Crippen LogP contribution >= 0.6 is 11.8 Å². The van der Waals surface area contributed by atoms with Crippen LogP contribution in [0.1, 0.15) is 10.4 Å². The molecule has 1 heterocycles. The van der Waals surface area contributed by atoms with E-state index in [1.165, 1.54) is 11.8 Å². The number of oxazole rings is 1. The number of hydrogen-bond donors (Lipinski definition) is 2. The highest BCUT2D eigenvalue weighted by Crippen LogP contribution is 2.25. The first-order valence-corrected chi connectivity index (χ1v) is 10.4. The van der Waals surface area contributed by atoms with E-state index in [4.69, 9.17) is 9.15 Å². The molecule has 1 aromatic heterocycles. The van der Waals surface area contributed by atoms with Crippen LogP contribution < -0.4 is 15.4 Å². The number of fused-ring (bicyclic) bond motifs is 1. The third kappa shape index (κ3) is 5.04. The molecule has 0 unspecified atom stereocenters. The zero-order valence-electron chi connectivity index (χ0n) is 16.6. The highest BCUT2D eigenvalue weighted by molar-refractivity contribution is 7.99. The summed E-state index contributed by atoms with van der Waals surface area (Å²) in [5, 5.41) is 6.06. The monoisotopic (exact) mass is 433 g/mol. The van der Waals surface area contributed by atoms with Gasteiger partial charge in [0.25, 0.3) is 11.1 Å². The Hall–Kier alpha value is -3.78. The number of amides is 2. The molecule has 0 radical (unpaired) electrons. The number of thioether (sulfide) groups is 1. The number of rotatable bonds is 7. The lowest BCUT2D eigenvalue weighted by Gasteiger charge is -2.10. The van der Waals surface area contributed by atoms with Crippen molar-refractivity contribution in [1.29, 1.82) is 0 Å². The first-order chi connectivity index (χ1) is 15.1. The summed E-state index contributed by atoms with van der Waals surface area (Å²) in [6.45, 7) is 0. The van der Waals surface area contributed by atoms with Crippen LogP contribution in [0.2, 0.25) is 0 Å². The van der Waals surface area contributed by atoms with Crippen LogP contribution in [-0.2, 0) is 4.79 Å². The van der Waals surface area contributed by atoms with E-state index in [2.05, 4.69) is 15.6 Å². The predicted molar refractivity (Wildman–Crippen MR) is 121 cm³/mol. The number of carbonyl (C=O) groups is 2. The second kappa shape index (κ2) is 9.36. The Kier molecular flexibility index (Phi) is 6.18. The maximum absolute atomic E-state index is 12.5. The number of nitrogens with zero attached hydrogens (tertiary/aromatic N) is 1. The quantitative estimate of drug-likeness (QED) is 0.406. The van der Waals surface area contributed by atoms with Gasteiger partial charge in [-0.15, -0.1) is 0 Å². The minimum atomic E-state index is -0.270. The Morgan fingerprint density at radius 2 is 1.71 bits per heavy atom. The molecule has 0 atom stereocenters. The number of hydrogen-bond acceptors (Lipinski definition) is 6. The van der Waals surface area contributed by atoms with Gasteiger partial charge >= 0.3 is 0 Å².